The summed E-state index contributed by atoms with van der Waals surface area (Å²) in [5.74, 6) is 0.130. The van der Waals surface area contributed by atoms with E-state index < -0.39 is 0 Å². The molecular formula is C24H34N4O2. The van der Waals surface area contributed by atoms with Crippen molar-refractivity contribution in [3.63, 3.8) is 0 Å². The van der Waals surface area contributed by atoms with Crippen LogP contribution in [0.15, 0.2) is 30.3 Å². The normalized spacial score (nSPS) is 15.9. The molecule has 30 heavy (non-hydrogen) atoms. The van der Waals surface area contributed by atoms with Crippen LogP contribution in [0.2, 0.25) is 0 Å². The van der Waals surface area contributed by atoms with Crippen LogP contribution in [0.25, 0.3) is 21.9 Å². The van der Waals surface area contributed by atoms with E-state index in [1.165, 1.54) is 10.9 Å². The van der Waals surface area contributed by atoms with Gasteiger partial charge in [0.15, 0.2) is 0 Å². The molecule has 3 heterocycles. The van der Waals surface area contributed by atoms with Crippen molar-refractivity contribution in [1.82, 2.24) is 18.9 Å². The van der Waals surface area contributed by atoms with Crippen LogP contribution < -0.4 is 0 Å². The molecule has 1 fully saturated rings. The van der Waals surface area contributed by atoms with Gasteiger partial charge in [0.05, 0.1) is 23.2 Å². The molecule has 4 rings (SSSR count). The first-order valence-corrected chi connectivity index (χ1v) is 11.1. The molecule has 0 radical (unpaired) electrons. The molecule has 0 saturated carbocycles. The van der Waals surface area contributed by atoms with Crippen LogP contribution in [0.1, 0.15) is 44.2 Å². The molecule has 162 valence electrons. The second-order valence-electron chi connectivity index (χ2n) is 8.81. The van der Waals surface area contributed by atoms with Gasteiger partial charge in [0.2, 0.25) is 0 Å². The van der Waals surface area contributed by atoms with E-state index in [0.717, 1.165) is 42.9 Å². The van der Waals surface area contributed by atoms with Crippen LogP contribution in [-0.2, 0) is 11.3 Å². The van der Waals surface area contributed by atoms with E-state index in [4.69, 9.17) is 4.74 Å². The molecule has 6 nitrogen and oxygen atoms in total. The van der Waals surface area contributed by atoms with Gasteiger partial charge in [-0.15, -0.1) is 0 Å². The third-order valence-corrected chi connectivity index (χ3v) is 6.34. The van der Waals surface area contributed by atoms with Crippen molar-refractivity contribution in [2.75, 3.05) is 39.9 Å². The Kier molecular flexibility index (Phi) is 5.89. The quantitative estimate of drug-likeness (QED) is 0.617. The number of rotatable bonds is 6. The van der Waals surface area contributed by atoms with Gasteiger partial charge >= 0.3 is 0 Å². The summed E-state index contributed by atoms with van der Waals surface area (Å²) in [7, 11) is 1.71. The summed E-state index contributed by atoms with van der Waals surface area (Å²) in [6, 6.07) is 11.4. The molecule has 0 atom stereocenters. The first kappa shape index (κ1) is 20.9. The van der Waals surface area contributed by atoms with E-state index in [1.54, 1.807) is 7.11 Å². The van der Waals surface area contributed by atoms with Crippen molar-refractivity contribution in [3.05, 3.63) is 36.0 Å². The molecular weight excluding hydrogens is 376 g/mol. The number of carbonyl (C=O) groups is 1. The average molecular weight is 411 g/mol. The highest BCUT2D eigenvalue weighted by Crippen LogP contribution is 2.34. The van der Waals surface area contributed by atoms with E-state index in [-0.39, 0.29) is 5.91 Å². The number of ether oxygens (including phenoxy) is 1. The largest absolute Gasteiger partial charge is 0.383 e. The molecule has 2 aromatic heterocycles. The zero-order valence-electron chi connectivity index (χ0n) is 18.9. The van der Waals surface area contributed by atoms with Crippen LogP contribution in [0.5, 0.6) is 0 Å². The third-order valence-electron chi connectivity index (χ3n) is 6.34. The monoisotopic (exact) mass is 410 g/mol. The number of methoxy groups -OCH3 is 1. The number of hydrogen-bond acceptors (Lipinski definition) is 3. The van der Waals surface area contributed by atoms with Gasteiger partial charge in [-0.2, -0.15) is 0 Å². The van der Waals surface area contributed by atoms with Crippen molar-refractivity contribution in [2.45, 2.75) is 46.3 Å². The number of nitrogens with zero attached hydrogens (tertiary/aromatic N) is 4. The van der Waals surface area contributed by atoms with Crippen molar-refractivity contribution < 1.29 is 9.53 Å². The highest BCUT2D eigenvalue weighted by molar-refractivity contribution is 6.10. The fraction of sp³-hybridized carbons (Fsp3) is 0.542. The Balaban J connectivity index is 1.80. The fourth-order valence-corrected chi connectivity index (χ4v) is 4.77. The van der Waals surface area contributed by atoms with Crippen LogP contribution in [0.4, 0.5) is 0 Å². The van der Waals surface area contributed by atoms with Crippen LogP contribution in [0.3, 0.4) is 0 Å². The molecule has 0 unspecified atom stereocenters. The van der Waals surface area contributed by atoms with Crippen molar-refractivity contribution in [1.29, 1.82) is 0 Å². The number of piperazine rings is 1. The van der Waals surface area contributed by atoms with Gasteiger partial charge in [0.1, 0.15) is 5.69 Å². The number of aromatic nitrogens is 2. The number of carbonyl (C=O) groups excluding carboxylic acids is 1. The fourth-order valence-electron chi connectivity index (χ4n) is 4.77. The Hall–Kier alpha value is -2.31. The summed E-state index contributed by atoms with van der Waals surface area (Å²) < 4.78 is 9.92. The predicted molar refractivity (Wildman–Crippen MR) is 122 cm³/mol. The number of amides is 1. The molecule has 0 bridgehead atoms. The van der Waals surface area contributed by atoms with E-state index in [1.807, 2.05) is 4.90 Å². The summed E-state index contributed by atoms with van der Waals surface area (Å²) in [5, 5.41) is 1.20. The number of fused-ring (bicyclic) bond motifs is 3. The topological polar surface area (TPSA) is 42.6 Å². The predicted octanol–water partition coefficient (Wildman–Crippen LogP) is 3.99. The highest BCUT2D eigenvalue weighted by atomic mass is 16.5. The molecule has 1 aromatic carbocycles. The number of hydrogen-bond donors (Lipinski definition) is 0. The van der Waals surface area contributed by atoms with Gasteiger partial charge < -0.3 is 18.8 Å². The molecule has 1 aliphatic rings. The van der Waals surface area contributed by atoms with E-state index in [0.29, 0.717) is 25.2 Å². The highest BCUT2D eigenvalue weighted by Gasteiger charge is 2.28. The molecule has 6 heteroatoms. The smallest absolute Gasteiger partial charge is 0.270 e. The summed E-state index contributed by atoms with van der Waals surface area (Å²) in [6.07, 6.45) is 0. The third kappa shape index (κ3) is 3.52. The minimum absolute atomic E-state index is 0.130. The van der Waals surface area contributed by atoms with Gasteiger partial charge in [0.25, 0.3) is 5.91 Å². The Morgan fingerprint density at radius 2 is 1.70 bits per heavy atom. The van der Waals surface area contributed by atoms with Gasteiger partial charge in [-0.25, -0.2) is 0 Å². The standard InChI is InChI=1S/C24H34N4O2/c1-17(2)25-10-12-26(13-11-25)24(29)22-16-21-23(27(22)14-15-30-5)19-8-6-7-9-20(19)28(21)18(3)4/h6-9,16-18H,10-15H2,1-5H3. The second-order valence-corrected chi connectivity index (χ2v) is 8.81. The first-order valence-electron chi connectivity index (χ1n) is 11.1. The summed E-state index contributed by atoms with van der Waals surface area (Å²) in [5.41, 5.74) is 4.26. The molecule has 0 spiro atoms. The number of para-hydroxylation sites is 1. The average Bonchev–Trinajstić information content (AvgIpc) is 3.26. The molecule has 0 N–H and O–H groups in total. The Morgan fingerprint density at radius 3 is 2.33 bits per heavy atom. The Labute approximate surface area is 179 Å². The van der Waals surface area contributed by atoms with Gasteiger partial charge in [-0.05, 0) is 39.8 Å². The SMILES string of the molecule is COCCn1c(C(=O)N2CCN(C(C)C)CC2)cc2c1c1ccccc1n2C(C)C. The van der Waals surface area contributed by atoms with E-state index >= 15 is 0 Å². The van der Waals surface area contributed by atoms with Crippen molar-refractivity contribution in [2.24, 2.45) is 0 Å². The zero-order chi connectivity index (χ0) is 21.4. The summed E-state index contributed by atoms with van der Waals surface area (Å²) >= 11 is 0. The second kappa shape index (κ2) is 8.44. The maximum atomic E-state index is 13.6. The Bertz CT molecular complexity index is 1040. The lowest BCUT2D eigenvalue weighted by molar-refractivity contribution is 0.0584. The summed E-state index contributed by atoms with van der Waals surface area (Å²) in [4.78, 5) is 18.0. The van der Waals surface area contributed by atoms with Crippen molar-refractivity contribution >= 4 is 27.8 Å². The Morgan fingerprint density at radius 1 is 1.00 bits per heavy atom. The van der Waals surface area contributed by atoms with Gasteiger partial charge in [-0.3, -0.25) is 9.69 Å². The molecule has 1 aliphatic heterocycles. The van der Waals surface area contributed by atoms with Crippen LogP contribution in [-0.4, -0.2) is 70.8 Å². The molecule has 1 amide bonds. The summed E-state index contributed by atoms with van der Waals surface area (Å²) in [6.45, 7) is 13.5. The van der Waals surface area contributed by atoms with Gasteiger partial charge in [0, 0.05) is 57.3 Å². The number of benzene rings is 1. The van der Waals surface area contributed by atoms with E-state index in [9.17, 15) is 4.79 Å². The first-order chi connectivity index (χ1) is 14.4. The van der Waals surface area contributed by atoms with E-state index in [2.05, 4.69) is 72.1 Å². The minimum atomic E-state index is 0.130. The van der Waals surface area contributed by atoms with Gasteiger partial charge in [-0.1, -0.05) is 18.2 Å². The molecule has 0 aliphatic carbocycles. The lowest BCUT2D eigenvalue weighted by atomic mass is 10.2. The maximum absolute atomic E-state index is 13.6. The lowest BCUT2D eigenvalue weighted by Crippen LogP contribution is -2.51. The minimum Gasteiger partial charge on any atom is -0.383 e. The van der Waals surface area contributed by atoms with Crippen LogP contribution in [0, 0.1) is 0 Å². The lowest BCUT2D eigenvalue weighted by Gasteiger charge is -2.37. The zero-order valence-corrected chi connectivity index (χ0v) is 18.9. The van der Waals surface area contributed by atoms with Crippen LogP contribution >= 0.6 is 0 Å². The molecule has 1 saturated heterocycles. The van der Waals surface area contributed by atoms with Crippen molar-refractivity contribution in [3.8, 4) is 0 Å². The molecule has 3 aromatic rings. The maximum Gasteiger partial charge on any atom is 0.270 e.